The van der Waals surface area contributed by atoms with Crippen molar-refractivity contribution in [2.24, 2.45) is 0 Å². The molecule has 0 saturated carbocycles. The molecule has 0 atom stereocenters. The number of aromatic amines is 1. The third-order valence-corrected chi connectivity index (χ3v) is 2.11. The lowest BCUT2D eigenvalue weighted by Gasteiger charge is -1.96. The molecule has 0 saturated heterocycles. The predicted molar refractivity (Wildman–Crippen MR) is 46.1 cm³/mol. The van der Waals surface area contributed by atoms with Crippen molar-refractivity contribution in [1.82, 2.24) is 9.97 Å². The Labute approximate surface area is 77.3 Å². The molecule has 0 aliphatic rings. The van der Waals surface area contributed by atoms with E-state index in [0.717, 1.165) is 0 Å². The highest BCUT2D eigenvalue weighted by Crippen LogP contribution is 2.28. The number of nitrogens with one attached hydrogen (secondary N) is 1. The zero-order valence-electron chi connectivity index (χ0n) is 5.74. The molecule has 0 amide bonds. The van der Waals surface area contributed by atoms with Crippen LogP contribution in [0.15, 0.2) is 12.4 Å². The highest BCUT2D eigenvalue weighted by atomic mass is 35.5. The van der Waals surface area contributed by atoms with Crippen LogP contribution in [-0.4, -0.2) is 9.97 Å². The molecule has 5 heteroatoms. The molecule has 0 aliphatic carbocycles. The number of fused-ring (bicyclic) bond motifs is 1. The van der Waals surface area contributed by atoms with Crippen molar-refractivity contribution in [2.45, 2.75) is 0 Å². The second-order valence-electron chi connectivity index (χ2n) is 2.28. The van der Waals surface area contributed by atoms with Crippen molar-refractivity contribution in [1.29, 1.82) is 0 Å². The second kappa shape index (κ2) is 2.61. The third kappa shape index (κ3) is 0.974. The summed E-state index contributed by atoms with van der Waals surface area (Å²) >= 11 is 11.3. The highest BCUT2D eigenvalue weighted by Gasteiger charge is 2.10. The maximum Gasteiger partial charge on any atom is 0.167 e. The summed E-state index contributed by atoms with van der Waals surface area (Å²) in [6.07, 6.45) is 1.37. The van der Waals surface area contributed by atoms with Gasteiger partial charge in [-0.15, -0.1) is 0 Å². The lowest BCUT2D eigenvalue weighted by molar-refractivity contribution is 0.638. The lowest BCUT2D eigenvalue weighted by atomic mass is 10.3. The van der Waals surface area contributed by atoms with E-state index in [1.165, 1.54) is 12.4 Å². The van der Waals surface area contributed by atoms with E-state index in [4.69, 9.17) is 23.2 Å². The number of rotatable bonds is 0. The first-order valence-corrected chi connectivity index (χ1v) is 3.92. The lowest BCUT2D eigenvalue weighted by Crippen LogP contribution is -1.81. The van der Waals surface area contributed by atoms with Gasteiger partial charge in [-0.25, -0.2) is 9.37 Å². The van der Waals surface area contributed by atoms with E-state index in [2.05, 4.69) is 9.97 Å². The molecule has 12 heavy (non-hydrogen) atoms. The molecule has 1 N–H and O–H groups in total. The smallest absolute Gasteiger partial charge is 0.167 e. The quantitative estimate of drug-likeness (QED) is 0.658. The van der Waals surface area contributed by atoms with Crippen LogP contribution in [0, 0.1) is 5.82 Å². The van der Waals surface area contributed by atoms with Gasteiger partial charge in [-0.2, -0.15) is 0 Å². The summed E-state index contributed by atoms with van der Waals surface area (Å²) in [5.41, 5.74) is 0.645. The number of H-pyrrole nitrogens is 1. The molecule has 2 aromatic rings. The van der Waals surface area contributed by atoms with Crippen LogP contribution in [0.3, 0.4) is 0 Å². The van der Waals surface area contributed by atoms with E-state index in [1.54, 1.807) is 0 Å². The van der Waals surface area contributed by atoms with Gasteiger partial charge in [0.25, 0.3) is 0 Å². The number of halogens is 3. The highest BCUT2D eigenvalue weighted by molar-refractivity contribution is 6.38. The molecule has 1 aromatic heterocycles. The van der Waals surface area contributed by atoms with Crippen molar-refractivity contribution >= 4 is 34.2 Å². The van der Waals surface area contributed by atoms with Crippen LogP contribution >= 0.6 is 23.2 Å². The zero-order valence-corrected chi connectivity index (χ0v) is 7.25. The normalized spacial score (nSPS) is 10.9. The maximum absolute atomic E-state index is 13.1. The van der Waals surface area contributed by atoms with Gasteiger partial charge in [-0.3, -0.25) is 0 Å². The Morgan fingerprint density at radius 1 is 1.33 bits per heavy atom. The van der Waals surface area contributed by atoms with Crippen molar-refractivity contribution < 1.29 is 4.39 Å². The van der Waals surface area contributed by atoms with Gasteiger partial charge in [0.15, 0.2) is 5.82 Å². The van der Waals surface area contributed by atoms with Crippen LogP contribution in [-0.2, 0) is 0 Å². The van der Waals surface area contributed by atoms with Gasteiger partial charge in [0, 0.05) is 0 Å². The van der Waals surface area contributed by atoms with E-state index in [1.807, 2.05) is 0 Å². The Kier molecular flexibility index (Phi) is 1.70. The third-order valence-electron chi connectivity index (χ3n) is 1.55. The van der Waals surface area contributed by atoms with Crippen LogP contribution in [0.5, 0.6) is 0 Å². The van der Waals surface area contributed by atoms with Gasteiger partial charge in [-0.1, -0.05) is 23.2 Å². The average molecular weight is 205 g/mol. The molecule has 2 rings (SSSR count). The molecule has 1 heterocycles. The first kappa shape index (κ1) is 7.83. The number of hydrogen-bond donors (Lipinski definition) is 1. The van der Waals surface area contributed by atoms with Crippen molar-refractivity contribution in [3.05, 3.63) is 28.3 Å². The summed E-state index contributed by atoms with van der Waals surface area (Å²) in [6.45, 7) is 0. The van der Waals surface area contributed by atoms with Gasteiger partial charge in [0.1, 0.15) is 11.0 Å². The van der Waals surface area contributed by atoms with Gasteiger partial charge in [-0.05, 0) is 6.07 Å². The second-order valence-corrected chi connectivity index (χ2v) is 3.09. The molecule has 62 valence electrons. The van der Waals surface area contributed by atoms with Crippen LogP contribution in [0.2, 0.25) is 10.0 Å². The maximum atomic E-state index is 13.1. The standard InChI is InChI=1S/C7H3Cl2FN2/c8-3-1-4(9)6-7(5(3)10)12-2-11-6/h1-2H,(H,11,12). The molecule has 1 aromatic carbocycles. The van der Waals surface area contributed by atoms with E-state index < -0.39 is 5.82 Å². The Hall–Kier alpha value is -0.800. The van der Waals surface area contributed by atoms with Crippen molar-refractivity contribution in [3.8, 4) is 0 Å². The van der Waals surface area contributed by atoms with Crippen molar-refractivity contribution in [3.63, 3.8) is 0 Å². The summed E-state index contributed by atoms with van der Waals surface area (Å²) in [5.74, 6) is -0.520. The fourth-order valence-corrected chi connectivity index (χ4v) is 1.52. The summed E-state index contributed by atoms with van der Waals surface area (Å²) in [7, 11) is 0. The predicted octanol–water partition coefficient (Wildman–Crippen LogP) is 3.01. The van der Waals surface area contributed by atoms with Crippen LogP contribution in [0.4, 0.5) is 4.39 Å². The summed E-state index contributed by atoms with van der Waals surface area (Å²) in [4.78, 5) is 6.45. The summed E-state index contributed by atoms with van der Waals surface area (Å²) in [5, 5.41) is 0.342. The molecule has 2 nitrogen and oxygen atoms in total. The monoisotopic (exact) mass is 204 g/mol. The number of benzene rings is 1. The summed E-state index contributed by atoms with van der Waals surface area (Å²) < 4.78 is 13.1. The average Bonchev–Trinajstić information content (AvgIpc) is 2.48. The van der Waals surface area contributed by atoms with Crippen LogP contribution in [0.1, 0.15) is 0 Å². The van der Waals surface area contributed by atoms with Crippen LogP contribution < -0.4 is 0 Å². The molecule has 0 fully saturated rings. The Bertz CT molecular complexity index is 438. The van der Waals surface area contributed by atoms with Gasteiger partial charge in [0.05, 0.1) is 16.4 Å². The molecular formula is C7H3Cl2FN2. The molecule has 0 aliphatic heterocycles. The Morgan fingerprint density at radius 3 is 2.83 bits per heavy atom. The van der Waals surface area contributed by atoms with Gasteiger partial charge in [0.2, 0.25) is 0 Å². The topological polar surface area (TPSA) is 28.7 Å². The van der Waals surface area contributed by atoms with Gasteiger partial charge < -0.3 is 4.98 Å². The fourth-order valence-electron chi connectivity index (χ4n) is 1.01. The van der Waals surface area contributed by atoms with E-state index in [-0.39, 0.29) is 10.5 Å². The first-order valence-electron chi connectivity index (χ1n) is 3.16. The number of aromatic nitrogens is 2. The van der Waals surface area contributed by atoms with Gasteiger partial charge >= 0.3 is 0 Å². The molecule has 0 bridgehead atoms. The number of nitrogens with zero attached hydrogens (tertiary/aromatic N) is 1. The van der Waals surface area contributed by atoms with Crippen LogP contribution in [0.25, 0.3) is 11.0 Å². The molecule has 0 radical (unpaired) electrons. The van der Waals surface area contributed by atoms with Crippen molar-refractivity contribution in [2.75, 3.05) is 0 Å². The number of hydrogen-bond acceptors (Lipinski definition) is 1. The van der Waals surface area contributed by atoms with E-state index >= 15 is 0 Å². The Balaban J connectivity index is 2.97. The largest absolute Gasteiger partial charge is 0.342 e. The summed E-state index contributed by atoms with van der Waals surface area (Å²) in [6, 6.07) is 1.33. The minimum absolute atomic E-state index is 0.00301. The molecule has 0 spiro atoms. The SMILES string of the molecule is Fc1c(Cl)cc(Cl)c2nc[nH]c12. The fraction of sp³-hybridized carbons (Fsp3) is 0. The first-order chi connectivity index (χ1) is 5.70. The van der Waals surface area contributed by atoms with E-state index in [9.17, 15) is 4.39 Å². The minimum atomic E-state index is -0.520. The van der Waals surface area contributed by atoms with E-state index in [0.29, 0.717) is 10.5 Å². The minimum Gasteiger partial charge on any atom is -0.342 e. The zero-order chi connectivity index (χ0) is 8.72. The molecular weight excluding hydrogens is 202 g/mol. The molecule has 0 unspecified atom stereocenters. The Morgan fingerprint density at radius 2 is 2.08 bits per heavy atom. The number of imidazole rings is 1.